The fourth-order valence-corrected chi connectivity index (χ4v) is 2.85. The molecule has 0 saturated carbocycles. The number of nitrogens with zero attached hydrogens (tertiary/aromatic N) is 1. The van der Waals surface area contributed by atoms with Gasteiger partial charge in [-0.25, -0.2) is 0 Å². The summed E-state index contributed by atoms with van der Waals surface area (Å²) in [6, 6.07) is 10.6. The van der Waals surface area contributed by atoms with E-state index in [1.165, 1.54) is 10.9 Å². The molecule has 114 valence electrons. The van der Waals surface area contributed by atoms with Gasteiger partial charge in [-0.3, -0.25) is 4.98 Å². The van der Waals surface area contributed by atoms with E-state index >= 15 is 0 Å². The fourth-order valence-electron chi connectivity index (χ4n) is 2.85. The van der Waals surface area contributed by atoms with E-state index in [0.717, 1.165) is 18.5 Å². The van der Waals surface area contributed by atoms with E-state index in [1.54, 1.807) is 0 Å². The van der Waals surface area contributed by atoms with Gasteiger partial charge in [0.15, 0.2) is 0 Å². The van der Waals surface area contributed by atoms with Gasteiger partial charge in [-0.05, 0) is 51.4 Å². The van der Waals surface area contributed by atoms with Crippen LogP contribution >= 0.6 is 0 Å². The Morgan fingerprint density at radius 3 is 2.71 bits per heavy atom. The van der Waals surface area contributed by atoms with Gasteiger partial charge < -0.3 is 10.1 Å². The number of pyridine rings is 1. The zero-order valence-corrected chi connectivity index (χ0v) is 13.5. The summed E-state index contributed by atoms with van der Waals surface area (Å²) in [4.78, 5) is 4.46. The molecular weight excluding hydrogens is 260 g/mol. The molecule has 0 aliphatic carbocycles. The van der Waals surface area contributed by atoms with E-state index in [2.05, 4.69) is 55.3 Å². The Morgan fingerprint density at radius 1 is 1.19 bits per heavy atom. The van der Waals surface area contributed by atoms with Crippen molar-refractivity contribution in [3.8, 4) is 0 Å². The Morgan fingerprint density at radius 2 is 2.00 bits per heavy atom. The van der Waals surface area contributed by atoms with Crippen LogP contribution in [0.1, 0.15) is 45.7 Å². The first-order chi connectivity index (χ1) is 10.1. The standard InChI is InChI=1S/C18H26N2O/c1-5-12-20-17(18(3,4)21-6-2)15-9-7-11-16-14(15)10-8-13-19-16/h7-11,13,17,20H,5-6,12H2,1-4H3. The van der Waals surface area contributed by atoms with Gasteiger partial charge in [-0.15, -0.1) is 0 Å². The van der Waals surface area contributed by atoms with Crippen LogP contribution in [0.4, 0.5) is 0 Å². The highest BCUT2D eigenvalue weighted by Crippen LogP contribution is 2.33. The van der Waals surface area contributed by atoms with E-state index in [0.29, 0.717) is 6.61 Å². The van der Waals surface area contributed by atoms with Crippen molar-refractivity contribution in [1.82, 2.24) is 10.3 Å². The summed E-state index contributed by atoms with van der Waals surface area (Å²) in [6.45, 7) is 10.2. The number of fused-ring (bicyclic) bond motifs is 1. The van der Waals surface area contributed by atoms with Gasteiger partial charge in [0.1, 0.15) is 0 Å². The number of nitrogens with one attached hydrogen (secondary N) is 1. The van der Waals surface area contributed by atoms with Gasteiger partial charge in [0, 0.05) is 18.2 Å². The van der Waals surface area contributed by atoms with E-state index in [9.17, 15) is 0 Å². The van der Waals surface area contributed by atoms with E-state index in [1.807, 2.05) is 19.2 Å². The number of hydrogen-bond donors (Lipinski definition) is 1. The number of hydrogen-bond acceptors (Lipinski definition) is 3. The Bertz CT molecular complexity index is 575. The average molecular weight is 286 g/mol. The molecule has 0 amide bonds. The molecule has 1 N–H and O–H groups in total. The summed E-state index contributed by atoms with van der Waals surface area (Å²) in [5, 5.41) is 4.85. The smallest absolute Gasteiger partial charge is 0.0820 e. The van der Waals surface area contributed by atoms with Crippen molar-refractivity contribution in [1.29, 1.82) is 0 Å². The van der Waals surface area contributed by atoms with Gasteiger partial charge in [0.2, 0.25) is 0 Å². The highest BCUT2D eigenvalue weighted by atomic mass is 16.5. The van der Waals surface area contributed by atoms with Gasteiger partial charge in [-0.1, -0.05) is 25.1 Å². The molecule has 0 saturated heterocycles. The lowest BCUT2D eigenvalue weighted by molar-refractivity contribution is -0.0388. The van der Waals surface area contributed by atoms with Gasteiger partial charge >= 0.3 is 0 Å². The monoisotopic (exact) mass is 286 g/mol. The molecule has 0 radical (unpaired) electrons. The summed E-state index contributed by atoms with van der Waals surface area (Å²) in [5.41, 5.74) is 2.02. The van der Waals surface area contributed by atoms with Crippen molar-refractivity contribution >= 4 is 10.9 Å². The molecule has 1 atom stereocenters. The number of ether oxygens (including phenoxy) is 1. The lowest BCUT2D eigenvalue weighted by atomic mass is 9.89. The van der Waals surface area contributed by atoms with Crippen LogP contribution in [-0.4, -0.2) is 23.7 Å². The third-order valence-corrected chi connectivity index (χ3v) is 3.80. The minimum Gasteiger partial charge on any atom is -0.374 e. The number of aromatic nitrogens is 1. The minimum atomic E-state index is -0.270. The van der Waals surface area contributed by atoms with Gasteiger partial charge in [0.05, 0.1) is 17.2 Å². The average Bonchev–Trinajstić information content (AvgIpc) is 2.47. The molecule has 3 heteroatoms. The van der Waals surface area contributed by atoms with Gasteiger partial charge in [0.25, 0.3) is 0 Å². The maximum atomic E-state index is 6.01. The quantitative estimate of drug-likeness (QED) is 0.832. The molecule has 1 aromatic carbocycles. The molecule has 1 heterocycles. The molecular formula is C18H26N2O. The van der Waals surface area contributed by atoms with Gasteiger partial charge in [-0.2, -0.15) is 0 Å². The highest BCUT2D eigenvalue weighted by Gasteiger charge is 2.32. The number of rotatable bonds is 7. The lowest BCUT2D eigenvalue weighted by Gasteiger charge is -2.36. The van der Waals surface area contributed by atoms with Crippen molar-refractivity contribution in [3.63, 3.8) is 0 Å². The third-order valence-electron chi connectivity index (χ3n) is 3.80. The molecule has 0 fully saturated rings. The molecule has 2 aromatic rings. The van der Waals surface area contributed by atoms with Crippen molar-refractivity contribution < 1.29 is 4.74 Å². The van der Waals surface area contributed by atoms with Crippen LogP contribution in [0.15, 0.2) is 36.5 Å². The van der Waals surface area contributed by atoms with Crippen molar-refractivity contribution in [2.24, 2.45) is 0 Å². The van der Waals surface area contributed by atoms with Crippen LogP contribution in [0.2, 0.25) is 0 Å². The normalized spacial score (nSPS) is 13.5. The highest BCUT2D eigenvalue weighted by molar-refractivity contribution is 5.82. The molecule has 0 aliphatic rings. The molecule has 3 nitrogen and oxygen atoms in total. The second-order valence-corrected chi connectivity index (χ2v) is 5.84. The number of benzene rings is 1. The third kappa shape index (κ3) is 3.60. The Kier molecular flexibility index (Phi) is 5.32. The van der Waals surface area contributed by atoms with Crippen LogP contribution in [-0.2, 0) is 4.74 Å². The summed E-state index contributed by atoms with van der Waals surface area (Å²) >= 11 is 0. The molecule has 2 rings (SSSR count). The van der Waals surface area contributed by atoms with Crippen LogP contribution in [0.3, 0.4) is 0 Å². The first-order valence-electron chi connectivity index (χ1n) is 7.81. The van der Waals surface area contributed by atoms with Crippen molar-refractivity contribution in [2.75, 3.05) is 13.2 Å². The predicted molar refractivity (Wildman–Crippen MR) is 88.5 cm³/mol. The van der Waals surface area contributed by atoms with Crippen LogP contribution in [0.5, 0.6) is 0 Å². The molecule has 21 heavy (non-hydrogen) atoms. The fraction of sp³-hybridized carbons (Fsp3) is 0.500. The van der Waals surface area contributed by atoms with Crippen LogP contribution in [0.25, 0.3) is 10.9 Å². The maximum Gasteiger partial charge on any atom is 0.0820 e. The molecule has 1 unspecified atom stereocenters. The van der Waals surface area contributed by atoms with E-state index in [-0.39, 0.29) is 11.6 Å². The second-order valence-electron chi connectivity index (χ2n) is 5.84. The molecule has 1 aromatic heterocycles. The van der Waals surface area contributed by atoms with E-state index < -0.39 is 0 Å². The topological polar surface area (TPSA) is 34.2 Å². The Balaban J connectivity index is 2.48. The maximum absolute atomic E-state index is 6.01. The van der Waals surface area contributed by atoms with Crippen LogP contribution in [0, 0.1) is 0 Å². The lowest BCUT2D eigenvalue weighted by Crippen LogP contribution is -2.42. The molecule has 0 spiro atoms. The summed E-state index contributed by atoms with van der Waals surface area (Å²) in [6.07, 6.45) is 2.94. The Labute approximate surface area is 127 Å². The van der Waals surface area contributed by atoms with Crippen molar-refractivity contribution in [3.05, 3.63) is 42.1 Å². The summed E-state index contributed by atoms with van der Waals surface area (Å²) in [7, 11) is 0. The zero-order valence-electron chi connectivity index (χ0n) is 13.5. The largest absolute Gasteiger partial charge is 0.374 e. The first-order valence-corrected chi connectivity index (χ1v) is 7.81. The van der Waals surface area contributed by atoms with E-state index in [4.69, 9.17) is 4.74 Å². The summed E-state index contributed by atoms with van der Waals surface area (Å²) < 4.78 is 6.01. The predicted octanol–water partition coefficient (Wildman–Crippen LogP) is 4.09. The van der Waals surface area contributed by atoms with Crippen molar-refractivity contribution in [2.45, 2.75) is 45.8 Å². The SMILES string of the molecule is CCCNC(c1cccc2ncccc12)C(C)(C)OCC. The molecule has 0 bridgehead atoms. The second kappa shape index (κ2) is 7.01. The minimum absolute atomic E-state index is 0.144. The zero-order chi connectivity index (χ0) is 15.3. The first kappa shape index (κ1) is 15.9. The Hall–Kier alpha value is -1.45. The van der Waals surface area contributed by atoms with Crippen LogP contribution < -0.4 is 5.32 Å². The summed E-state index contributed by atoms with van der Waals surface area (Å²) in [5.74, 6) is 0. The molecule has 0 aliphatic heterocycles.